The van der Waals surface area contributed by atoms with Crippen molar-refractivity contribution in [2.45, 2.75) is 22.3 Å². The van der Waals surface area contributed by atoms with Crippen LogP contribution in [0.3, 0.4) is 0 Å². The predicted molar refractivity (Wildman–Crippen MR) is 131 cm³/mol. The highest BCUT2D eigenvalue weighted by Crippen LogP contribution is 2.41. The average Bonchev–Trinajstić information content (AvgIpc) is 3.52. The molecule has 192 valence electrons. The van der Waals surface area contributed by atoms with E-state index in [0.29, 0.717) is 6.54 Å². The summed E-state index contributed by atoms with van der Waals surface area (Å²) in [5.41, 5.74) is 12.2. The molecule has 0 aliphatic carbocycles. The third kappa shape index (κ3) is 4.93. The number of hydrogen-bond acceptors (Lipinski definition) is 11. The van der Waals surface area contributed by atoms with E-state index < -0.39 is 41.3 Å². The number of hydrogen-bond donors (Lipinski definition) is 6. The molecule has 1 fully saturated rings. The smallest absolute Gasteiger partial charge is 0.253 e. The number of aromatic amines is 1. The molecule has 0 saturated carbocycles. The van der Waals surface area contributed by atoms with Gasteiger partial charge in [0.2, 0.25) is 15.8 Å². The van der Waals surface area contributed by atoms with Gasteiger partial charge in [-0.2, -0.15) is 5.21 Å². The Labute approximate surface area is 207 Å². The maximum atomic E-state index is 12.9. The third-order valence-electron chi connectivity index (χ3n) is 5.73. The van der Waals surface area contributed by atoms with Crippen molar-refractivity contribution in [1.82, 2.24) is 31.3 Å². The largest absolute Gasteiger partial charge is 0.398 e. The normalized spacial score (nSPS) is 16.2. The SMILES string of the molecule is NCCS(=O)(=O)c1ccc(-c2cccc(C(=O)NC3CCNC3)c2N)c(-c2nn[nH]n2)c1S(N)(=O)=O. The highest BCUT2D eigenvalue weighted by Gasteiger charge is 2.32. The minimum Gasteiger partial charge on any atom is -0.398 e. The Hall–Kier alpha value is -3.44. The van der Waals surface area contributed by atoms with Crippen molar-refractivity contribution >= 4 is 31.5 Å². The number of aromatic nitrogens is 4. The lowest BCUT2D eigenvalue weighted by molar-refractivity contribution is 0.0941. The quantitative estimate of drug-likeness (QED) is 0.183. The molecule has 14 nitrogen and oxygen atoms in total. The fourth-order valence-electron chi connectivity index (χ4n) is 4.11. The van der Waals surface area contributed by atoms with Crippen LogP contribution in [-0.4, -0.2) is 74.8 Å². The summed E-state index contributed by atoms with van der Waals surface area (Å²) >= 11 is 0. The minimum atomic E-state index is -4.65. The van der Waals surface area contributed by atoms with Gasteiger partial charge < -0.3 is 22.1 Å². The van der Waals surface area contributed by atoms with Crippen LogP contribution in [0.1, 0.15) is 16.8 Å². The van der Waals surface area contributed by atoms with Gasteiger partial charge in [0.25, 0.3) is 5.91 Å². The zero-order valence-electron chi connectivity index (χ0n) is 18.9. The Morgan fingerprint density at radius 3 is 2.53 bits per heavy atom. The van der Waals surface area contributed by atoms with Gasteiger partial charge in [0.1, 0.15) is 4.90 Å². The molecule has 36 heavy (non-hydrogen) atoms. The summed E-state index contributed by atoms with van der Waals surface area (Å²) in [6, 6.07) is 7.08. The summed E-state index contributed by atoms with van der Waals surface area (Å²) in [6.45, 7) is 1.17. The number of amides is 1. The zero-order valence-corrected chi connectivity index (χ0v) is 20.6. The van der Waals surface area contributed by atoms with E-state index in [9.17, 15) is 21.6 Å². The molecule has 0 bridgehead atoms. The molecule has 1 aromatic heterocycles. The molecule has 2 aromatic carbocycles. The van der Waals surface area contributed by atoms with Crippen LogP contribution >= 0.6 is 0 Å². The number of para-hydroxylation sites is 1. The van der Waals surface area contributed by atoms with E-state index in [1.807, 2.05) is 0 Å². The summed E-state index contributed by atoms with van der Waals surface area (Å²) in [5, 5.41) is 25.0. The Morgan fingerprint density at radius 1 is 1.14 bits per heavy atom. The minimum absolute atomic E-state index is 0.0450. The first kappa shape index (κ1) is 25.6. The summed E-state index contributed by atoms with van der Waals surface area (Å²) in [6.07, 6.45) is 0.768. The van der Waals surface area contributed by atoms with Crippen LogP contribution < -0.4 is 27.2 Å². The van der Waals surface area contributed by atoms with E-state index in [2.05, 4.69) is 31.3 Å². The highest BCUT2D eigenvalue weighted by molar-refractivity contribution is 7.93. The Bertz CT molecular complexity index is 1500. The molecule has 1 amide bonds. The van der Waals surface area contributed by atoms with Crippen LogP contribution in [-0.2, 0) is 19.9 Å². The first-order valence-corrected chi connectivity index (χ1v) is 14.0. The fraction of sp³-hybridized carbons (Fsp3) is 0.300. The molecule has 0 spiro atoms. The second-order valence-corrected chi connectivity index (χ2v) is 11.7. The van der Waals surface area contributed by atoms with Gasteiger partial charge >= 0.3 is 0 Å². The molecule has 2 heterocycles. The summed E-state index contributed by atoms with van der Waals surface area (Å²) in [5.74, 6) is -1.16. The van der Waals surface area contributed by atoms with Gasteiger partial charge in [-0.15, -0.1) is 10.2 Å². The van der Waals surface area contributed by atoms with E-state index in [1.54, 1.807) is 12.1 Å². The number of nitrogens with two attached hydrogens (primary N) is 3. The van der Waals surface area contributed by atoms with Gasteiger partial charge in [-0.1, -0.05) is 18.2 Å². The first-order chi connectivity index (χ1) is 17.0. The van der Waals surface area contributed by atoms with Crippen molar-refractivity contribution in [3.63, 3.8) is 0 Å². The molecule has 1 aliphatic rings. The Morgan fingerprint density at radius 2 is 1.92 bits per heavy atom. The first-order valence-electron chi connectivity index (χ1n) is 10.8. The van der Waals surface area contributed by atoms with Gasteiger partial charge in [-0.3, -0.25) is 4.79 Å². The number of H-pyrrole nitrogens is 1. The number of nitrogens with one attached hydrogen (secondary N) is 3. The number of nitrogen functional groups attached to an aromatic ring is 1. The van der Waals surface area contributed by atoms with Crippen LogP contribution in [0.5, 0.6) is 0 Å². The molecule has 1 saturated heterocycles. The van der Waals surface area contributed by atoms with E-state index >= 15 is 0 Å². The molecule has 0 radical (unpaired) electrons. The van der Waals surface area contributed by atoms with Crippen molar-refractivity contribution in [2.24, 2.45) is 10.9 Å². The van der Waals surface area contributed by atoms with Crippen LogP contribution in [0.2, 0.25) is 0 Å². The lowest BCUT2D eigenvalue weighted by Gasteiger charge is -2.18. The number of sulfonamides is 1. The van der Waals surface area contributed by atoms with Crippen molar-refractivity contribution in [1.29, 1.82) is 0 Å². The number of nitrogens with zero attached hydrogens (tertiary/aromatic N) is 3. The van der Waals surface area contributed by atoms with Crippen LogP contribution in [0.4, 0.5) is 5.69 Å². The second kappa shape index (κ2) is 9.90. The predicted octanol–water partition coefficient (Wildman–Crippen LogP) is -1.41. The lowest BCUT2D eigenvalue weighted by Crippen LogP contribution is -2.36. The number of rotatable bonds is 8. The second-order valence-electron chi connectivity index (χ2n) is 8.13. The molecule has 4 rings (SSSR count). The molecule has 3 aromatic rings. The Balaban J connectivity index is 1.97. The maximum absolute atomic E-state index is 12.9. The van der Waals surface area contributed by atoms with Gasteiger partial charge in [0.05, 0.1) is 27.5 Å². The highest BCUT2D eigenvalue weighted by atomic mass is 32.2. The molecule has 1 atom stereocenters. The molecular weight excluding hydrogens is 510 g/mol. The summed E-state index contributed by atoms with van der Waals surface area (Å²) in [4.78, 5) is 11.7. The van der Waals surface area contributed by atoms with Crippen molar-refractivity contribution in [3.05, 3.63) is 35.9 Å². The number of sulfone groups is 1. The van der Waals surface area contributed by atoms with Crippen LogP contribution in [0.15, 0.2) is 40.1 Å². The van der Waals surface area contributed by atoms with Gasteiger partial charge in [-0.05, 0) is 35.9 Å². The monoisotopic (exact) mass is 535 g/mol. The van der Waals surface area contributed by atoms with Crippen LogP contribution in [0.25, 0.3) is 22.5 Å². The number of tetrazole rings is 1. The van der Waals surface area contributed by atoms with E-state index in [0.717, 1.165) is 19.0 Å². The third-order valence-corrected chi connectivity index (χ3v) is 8.64. The molecule has 1 aliphatic heterocycles. The van der Waals surface area contributed by atoms with Crippen molar-refractivity contribution in [3.8, 4) is 22.5 Å². The average molecular weight is 536 g/mol. The van der Waals surface area contributed by atoms with Crippen molar-refractivity contribution in [2.75, 3.05) is 31.1 Å². The van der Waals surface area contributed by atoms with Gasteiger partial charge in [0, 0.05) is 24.7 Å². The van der Waals surface area contributed by atoms with Gasteiger partial charge in [0.15, 0.2) is 9.84 Å². The number of carbonyl (C=O) groups excluding carboxylic acids is 1. The summed E-state index contributed by atoms with van der Waals surface area (Å²) in [7, 11) is -8.80. The molecule has 1 unspecified atom stereocenters. The Kier molecular flexibility index (Phi) is 7.05. The van der Waals surface area contributed by atoms with Crippen molar-refractivity contribution < 1.29 is 21.6 Å². The number of carbonyl (C=O) groups is 1. The van der Waals surface area contributed by atoms with E-state index in [-0.39, 0.29) is 46.4 Å². The van der Waals surface area contributed by atoms with E-state index in [4.69, 9.17) is 16.6 Å². The lowest BCUT2D eigenvalue weighted by atomic mass is 9.95. The topological polar surface area (TPSA) is 242 Å². The number of anilines is 1. The maximum Gasteiger partial charge on any atom is 0.253 e. The zero-order chi connectivity index (χ0) is 26.1. The number of primary sulfonamides is 1. The fourth-order valence-corrected chi connectivity index (χ4v) is 6.86. The molecule has 16 heteroatoms. The van der Waals surface area contributed by atoms with Gasteiger partial charge in [-0.25, -0.2) is 22.0 Å². The molecule has 9 N–H and O–H groups in total. The standard InChI is InChI=1S/C20H25N9O5S2/c21-7-9-35(31,32)15-5-4-12(16(18(15)36(23,33)34)19-26-28-29-27-19)13-2-1-3-14(17(13)22)20(30)25-11-6-8-24-10-11/h1-5,11,24H,6-10,21-22H2,(H,25,30)(H2,23,33,34)(H,26,27,28,29). The van der Waals surface area contributed by atoms with Crippen LogP contribution in [0, 0.1) is 0 Å². The van der Waals surface area contributed by atoms with E-state index in [1.165, 1.54) is 12.1 Å². The molecular formula is C20H25N9O5S2. The number of benzene rings is 2. The summed E-state index contributed by atoms with van der Waals surface area (Å²) < 4.78 is 51.3.